The van der Waals surface area contributed by atoms with Gasteiger partial charge in [0.15, 0.2) is 0 Å². The Balaban J connectivity index is 4.66. The number of rotatable bonds is 4. The molecule has 15 heavy (non-hydrogen) atoms. The number of allylic oxidation sites excluding steroid dienone is 3. The van der Waals surface area contributed by atoms with E-state index in [-0.39, 0.29) is 10.7 Å². The van der Waals surface area contributed by atoms with E-state index in [2.05, 4.69) is 4.99 Å². The van der Waals surface area contributed by atoms with Gasteiger partial charge in [-0.15, -0.1) is 0 Å². The minimum absolute atomic E-state index is 0.0370. The summed E-state index contributed by atoms with van der Waals surface area (Å²) in [6.07, 6.45) is 3.46. The fraction of sp³-hybridized carbons (Fsp3) is 0.545. The largest absolute Gasteiger partial charge is 0.266 e. The van der Waals surface area contributed by atoms with E-state index in [4.69, 9.17) is 11.6 Å². The molecule has 0 fully saturated rings. The Morgan fingerprint density at radius 1 is 1.33 bits per heavy atom. The first-order valence-electron chi connectivity index (χ1n) is 4.74. The Morgan fingerprint density at radius 2 is 1.87 bits per heavy atom. The molecule has 0 N–H and O–H groups in total. The maximum absolute atomic E-state index is 12.7. The highest BCUT2D eigenvalue weighted by Gasteiger charge is 2.22. The molecule has 0 amide bonds. The van der Waals surface area contributed by atoms with Crippen LogP contribution in [0.5, 0.6) is 0 Å². The van der Waals surface area contributed by atoms with Crippen LogP contribution in [0.2, 0.25) is 0 Å². The molecule has 0 aliphatic rings. The van der Waals surface area contributed by atoms with Crippen LogP contribution >= 0.6 is 11.6 Å². The Labute approximate surface area is 94.5 Å². The average molecular weight is 236 g/mol. The summed E-state index contributed by atoms with van der Waals surface area (Å²) >= 11 is 5.73. The molecular formula is C11H16ClF2N. The van der Waals surface area contributed by atoms with Crippen molar-refractivity contribution in [3.8, 4) is 0 Å². The van der Waals surface area contributed by atoms with Crippen molar-refractivity contribution in [2.45, 2.75) is 40.0 Å². The summed E-state index contributed by atoms with van der Waals surface area (Å²) in [6.45, 7) is 5.99. The highest BCUT2D eigenvalue weighted by atomic mass is 35.5. The highest BCUT2D eigenvalue weighted by molar-refractivity contribution is 6.30. The van der Waals surface area contributed by atoms with Gasteiger partial charge in [0, 0.05) is 12.6 Å². The van der Waals surface area contributed by atoms with Crippen molar-refractivity contribution in [1.82, 2.24) is 0 Å². The van der Waals surface area contributed by atoms with Crippen LogP contribution in [-0.4, -0.2) is 11.6 Å². The number of hydrogen-bond acceptors (Lipinski definition) is 1. The lowest BCUT2D eigenvalue weighted by Gasteiger charge is -2.08. The van der Waals surface area contributed by atoms with E-state index >= 15 is 0 Å². The van der Waals surface area contributed by atoms with Crippen LogP contribution in [0, 0.1) is 0 Å². The SMILES string of the molecule is CCC(C)=N/C(Cl)=C\C=C(/C)C(C)(F)F. The Bertz CT molecular complexity index is 298. The van der Waals surface area contributed by atoms with Crippen molar-refractivity contribution in [3.63, 3.8) is 0 Å². The molecule has 0 aliphatic heterocycles. The van der Waals surface area contributed by atoms with Crippen LogP contribution in [0.3, 0.4) is 0 Å². The summed E-state index contributed by atoms with van der Waals surface area (Å²) in [4.78, 5) is 4.00. The molecule has 0 radical (unpaired) electrons. The van der Waals surface area contributed by atoms with Gasteiger partial charge in [0.2, 0.25) is 0 Å². The van der Waals surface area contributed by atoms with E-state index < -0.39 is 5.92 Å². The van der Waals surface area contributed by atoms with Crippen LogP contribution < -0.4 is 0 Å². The minimum Gasteiger partial charge on any atom is -0.246 e. The molecule has 86 valence electrons. The molecule has 1 nitrogen and oxygen atoms in total. The molecule has 0 saturated carbocycles. The van der Waals surface area contributed by atoms with Gasteiger partial charge in [-0.3, -0.25) is 0 Å². The van der Waals surface area contributed by atoms with Gasteiger partial charge in [0.25, 0.3) is 5.92 Å². The van der Waals surface area contributed by atoms with E-state index in [0.717, 1.165) is 19.1 Å². The van der Waals surface area contributed by atoms with Gasteiger partial charge in [-0.25, -0.2) is 13.8 Å². The molecular weight excluding hydrogens is 220 g/mol. The van der Waals surface area contributed by atoms with Crippen molar-refractivity contribution in [2.24, 2.45) is 4.99 Å². The summed E-state index contributed by atoms with van der Waals surface area (Å²) in [5.41, 5.74) is 0.829. The molecule has 4 heteroatoms. The van der Waals surface area contributed by atoms with Gasteiger partial charge in [-0.05, 0) is 31.9 Å². The van der Waals surface area contributed by atoms with E-state index in [1.807, 2.05) is 13.8 Å². The molecule has 0 heterocycles. The van der Waals surface area contributed by atoms with E-state index in [1.165, 1.54) is 19.1 Å². The molecule has 0 spiro atoms. The number of alkyl halides is 2. The molecule has 0 bridgehead atoms. The van der Waals surface area contributed by atoms with Crippen molar-refractivity contribution < 1.29 is 8.78 Å². The Hall–Kier alpha value is -0.700. The van der Waals surface area contributed by atoms with Crippen molar-refractivity contribution in [2.75, 3.05) is 0 Å². The first-order valence-corrected chi connectivity index (χ1v) is 5.11. The minimum atomic E-state index is -2.81. The van der Waals surface area contributed by atoms with Crippen molar-refractivity contribution in [3.05, 3.63) is 22.9 Å². The quantitative estimate of drug-likeness (QED) is 0.385. The molecule has 0 aromatic heterocycles. The van der Waals surface area contributed by atoms with E-state index in [1.54, 1.807) is 0 Å². The maximum atomic E-state index is 12.7. The predicted octanol–water partition coefficient (Wildman–Crippen LogP) is 4.54. The zero-order valence-electron chi connectivity index (χ0n) is 9.44. The predicted molar refractivity (Wildman–Crippen MR) is 61.7 cm³/mol. The van der Waals surface area contributed by atoms with Gasteiger partial charge in [-0.2, -0.15) is 0 Å². The lowest BCUT2D eigenvalue weighted by Crippen LogP contribution is -2.10. The second-order valence-corrected chi connectivity index (χ2v) is 3.82. The first-order chi connectivity index (χ1) is 6.77. The number of halogens is 3. The normalized spacial score (nSPS) is 15.8. The van der Waals surface area contributed by atoms with Gasteiger partial charge in [0.05, 0.1) is 0 Å². The summed E-state index contributed by atoms with van der Waals surface area (Å²) in [6, 6.07) is 0. The van der Waals surface area contributed by atoms with Gasteiger partial charge >= 0.3 is 0 Å². The van der Waals surface area contributed by atoms with Crippen molar-refractivity contribution in [1.29, 1.82) is 0 Å². The fourth-order valence-corrected chi connectivity index (χ4v) is 0.846. The maximum Gasteiger partial charge on any atom is 0.266 e. The smallest absolute Gasteiger partial charge is 0.246 e. The molecule has 0 aromatic carbocycles. The van der Waals surface area contributed by atoms with Gasteiger partial charge in [0.1, 0.15) is 5.16 Å². The Kier molecular flexibility index (Phi) is 5.73. The zero-order chi connectivity index (χ0) is 12.1. The lowest BCUT2D eigenvalue weighted by molar-refractivity contribution is 0.0635. The average Bonchev–Trinajstić information content (AvgIpc) is 2.12. The van der Waals surface area contributed by atoms with Crippen molar-refractivity contribution >= 4 is 17.3 Å². The van der Waals surface area contributed by atoms with Crippen LogP contribution in [0.25, 0.3) is 0 Å². The second-order valence-electron chi connectivity index (χ2n) is 3.43. The third-order valence-electron chi connectivity index (χ3n) is 1.97. The highest BCUT2D eigenvalue weighted by Crippen LogP contribution is 2.22. The van der Waals surface area contributed by atoms with Crippen LogP contribution in [0.1, 0.15) is 34.1 Å². The van der Waals surface area contributed by atoms with Crippen LogP contribution in [0.15, 0.2) is 27.9 Å². The summed E-state index contributed by atoms with van der Waals surface area (Å²) in [7, 11) is 0. The van der Waals surface area contributed by atoms with Crippen LogP contribution in [0.4, 0.5) is 8.78 Å². The Morgan fingerprint density at radius 3 is 2.27 bits per heavy atom. The van der Waals surface area contributed by atoms with Crippen LogP contribution in [-0.2, 0) is 0 Å². The van der Waals surface area contributed by atoms with Gasteiger partial charge < -0.3 is 0 Å². The molecule has 0 aliphatic carbocycles. The monoisotopic (exact) mass is 235 g/mol. The third kappa shape index (κ3) is 6.39. The summed E-state index contributed by atoms with van der Waals surface area (Å²) in [5, 5.41) is 0.220. The first kappa shape index (κ1) is 14.3. The third-order valence-corrected chi connectivity index (χ3v) is 2.18. The number of hydrogen-bond donors (Lipinski definition) is 0. The molecule has 0 aromatic rings. The number of aliphatic imine (C=N–C) groups is 1. The fourth-order valence-electron chi connectivity index (χ4n) is 0.639. The molecule has 0 rings (SSSR count). The molecule has 0 atom stereocenters. The second kappa shape index (κ2) is 6.01. The van der Waals surface area contributed by atoms with E-state index in [0.29, 0.717) is 0 Å². The summed E-state index contributed by atoms with van der Waals surface area (Å²) in [5.74, 6) is -2.81. The molecule has 0 unspecified atom stereocenters. The summed E-state index contributed by atoms with van der Waals surface area (Å²) < 4.78 is 25.4. The standard InChI is InChI=1S/C11H16ClF2N/c1-5-9(3)15-10(12)7-6-8(2)11(4,13)14/h6-7H,5H2,1-4H3/b8-6+,10-7-,15-9?. The topological polar surface area (TPSA) is 12.4 Å². The van der Waals surface area contributed by atoms with E-state index in [9.17, 15) is 8.78 Å². The van der Waals surface area contributed by atoms with Gasteiger partial charge in [-0.1, -0.05) is 24.6 Å². The lowest BCUT2D eigenvalue weighted by atomic mass is 10.2. The molecule has 0 saturated heterocycles. The number of nitrogens with zero attached hydrogens (tertiary/aromatic N) is 1. The zero-order valence-corrected chi connectivity index (χ0v) is 10.2.